The van der Waals surface area contributed by atoms with Gasteiger partial charge in [-0.05, 0) is 19.1 Å². The number of rotatable bonds is 4. The predicted octanol–water partition coefficient (Wildman–Crippen LogP) is 1.02. The molecular weight excluding hydrogens is 262 g/mol. The smallest absolute Gasteiger partial charge is 0.253 e. The normalized spacial score (nSPS) is 16.5. The molecule has 0 bridgehead atoms. The van der Waals surface area contributed by atoms with Crippen LogP contribution in [0.3, 0.4) is 0 Å². The fourth-order valence-corrected chi connectivity index (χ4v) is 2.95. The van der Waals surface area contributed by atoms with Gasteiger partial charge in [-0.25, -0.2) is 0 Å². The molecule has 1 aromatic rings. The van der Waals surface area contributed by atoms with Gasteiger partial charge in [0.25, 0.3) is 5.91 Å². The molecule has 0 radical (unpaired) electrons. The standard InChI is InChI=1S/C13H19N3O2S/c1-9(8-19(2)18)16-13(17)10-4-3-5-11-12(10)15-7-6-14-11/h3-5,9,14-15H,6-8H2,1-2H3,(H,16,17). The molecule has 0 saturated heterocycles. The lowest BCUT2D eigenvalue weighted by Gasteiger charge is -2.23. The highest BCUT2D eigenvalue weighted by Crippen LogP contribution is 2.28. The van der Waals surface area contributed by atoms with E-state index < -0.39 is 10.8 Å². The van der Waals surface area contributed by atoms with E-state index in [2.05, 4.69) is 16.0 Å². The molecule has 2 unspecified atom stereocenters. The molecule has 1 aliphatic heterocycles. The Hall–Kier alpha value is -1.56. The lowest BCUT2D eigenvalue weighted by Crippen LogP contribution is -2.37. The van der Waals surface area contributed by atoms with Crippen molar-refractivity contribution < 1.29 is 9.00 Å². The van der Waals surface area contributed by atoms with Gasteiger partial charge < -0.3 is 16.0 Å². The van der Waals surface area contributed by atoms with E-state index in [0.717, 1.165) is 24.5 Å². The van der Waals surface area contributed by atoms with Crippen molar-refractivity contribution in [2.75, 3.05) is 35.7 Å². The van der Waals surface area contributed by atoms with Crippen LogP contribution in [0.15, 0.2) is 18.2 Å². The van der Waals surface area contributed by atoms with Crippen molar-refractivity contribution in [2.45, 2.75) is 13.0 Å². The molecule has 0 spiro atoms. The summed E-state index contributed by atoms with van der Waals surface area (Å²) in [6.07, 6.45) is 1.64. The summed E-state index contributed by atoms with van der Waals surface area (Å²) >= 11 is 0. The minimum atomic E-state index is -0.913. The first-order valence-corrected chi connectivity index (χ1v) is 8.02. The van der Waals surface area contributed by atoms with Gasteiger partial charge in [0, 0.05) is 41.9 Å². The van der Waals surface area contributed by atoms with Gasteiger partial charge in [-0.1, -0.05) is 6.07 Å². The summed E-state index contributed by atoms with van der Waals surface area (Å²) in [6, 6.07) is 5.49. The maximum Gasteiger partial charge on any atom is 0.253 e. The van der Waals surface area contributed by atoms with Crippen LogP contribution in [-0.4, -0.2) is 41.3 Å². The van der Waals surface area contributed by atoms with Crippen LogP contribution in [0.5, 0.6) is 0 Å². The Bertz CT molecular complexity index is 505. The zero-order valence-electron chi connectivity index (χ0n) is 11.2. The third kappa shape index (κ3) is 3.47. The molecule has 6 heteroatoms. The summed E-state index contributed by atoms with van der Waals surface area (Å²) in [4.78, 5) is 12.2. The number of para-hydroxylation sites is 1. The summed E-state index contributed by atoms with van der Waals surface area (Å²) in [7, 11) is -0.913. The van der Waals surface area contributed by atoms with Crippen LogP contribution in [0.1, 0.15) is 17.3 Å². The second-order valence-electron chi connectivity index (χ2n) is 4.70. The number of hydrogen-bond donors (Lipinski definition) is 3. The molecule has 1 amide bonds. The number of fused-ring (bicyclic) bond motifs is 1. The van der Waals surface area contributed by atoms with E-state index >= 15 is 0 Å². The minimum Gasteiger partial charge on any atom is -0.382 e. The van der Waals surface area contributed by atoms with Gasteiger partial charge in [0.1, 0.15) is 0 Å². The van der Waals surface area contributed by atoms with E-state index in [9.17, 15) is 9.00 Å². The Morgan fingerprint density at radius 3 is 2.89 bits per heavy atom. The average Bonchev–Trinajstić information content (AvgIpc) is 2.36. The van der Waals surface area contributed by atoms with Crippen LogP contribution >= 0.6 is 0 Å². The summed E-state index contributed by atoms with van der Waals surface area (Å²) in [5, 5.41) is 9.37. The highest BCUT2D eigenvalue weighted by molar-refractivity contribution is 7.84. The molecule has 1 heterocycles. The van der Waals surface area contributed by atoms with Gasteiger partial charge in [-0.15, -0.1) is 0 Å². The van der Waals surface area contributed by atoms with Crippen LogP contribution in [0.4, 0.5) is 11.4 Å². The second-order valence-corrected chi connectivity index (χ2v) is 6.18. The van der Waals surface area contributed by atoms with Crippen molar-refractivity contribution in [3.63, 3.8) is 0 Å². The summed E-state index contributed by atoms with van der Waals surface area (Å²) < 4.78 is 11.1. The third-order valence-electron chi connectivity index (χ3n) is 2.91. The monoisotopic (exact) mass is 281 g/mol. The van der Waals surface area contributed by atoms with Crippen molar-refractivity contribution in [3.8, 4) is 0 Å². The number of benzene rings is 1. The van der Waals surface area contributed by atoms with Gasteiger partial charge >= 0.3 is 0 Å². The van der Waals surface area contributed by atoms with E-state index in [1.807, 2.05) is 19.1 Å². The zero-order valence-corrected chi connectivity index (χ0v) is 12.0. The van der Waals surface area contributed by atoms with E-state index in [1.54, 1.807) is 12.3 Å². The largest absolute Gasteiger partial charge is 0.382 e. The molecule has 19 heavy (non-hydrogen) atoms. The number of amides is 1. The van der Waals surface area contributed by atoms with Gasteiger partial charge in [-0.3, -0.25) is 9.00 Å². The van der Waals surface area contributed by atoms with Crippen molar-refractivity contribution in [3.05, 3.63) is 23.8 Å². The molecule has 104 valence electrons. The topological polar surface area (TPSA) is 70.2 Å². The quantitative estimate of drug-likeness (QED) is 0.770. The van der Waals surface area contributed by atoms with Crippen LogP contribution in [0, 0.1) is 0 Å². The summed E-state index contributed by atoms with van der Waals surface area (Å²) in [6.45, 7) is 3.51. The molecule has 0 aliphatic carbocycles. The van der Waals surface area contributed by atoms with Crippen LogP contribution in [0.2, 0.25) is 0 Å². The number of nitrogens with one attached hydrogen (secondary N) is 3. The van der Waals surface area contributed by atoms with Crippen molar-refractivity contribution in [1.29, 1.82) is 0 Å². The second kappa shape index (κ2) is 6.06. The molecule has 1 aliphatic rings. The number of carbonyl (C=O) groups is 1. The SMILES string of the molecule is CC(CS(C)=O)NC(=O)c1cccc2c1NCCN2. The summed E-state index contributed by atoms with van der Waals surface area (Å²) in [5.74, 6) is 0.331. The van der Waals surface area contributed by atoms with Crippen LogP contribution < -0.4 is 16.0 Å². The zero-order chi connectivity index (χ0) is 13.8. The molecule has 2 rings (SSSR count). The molecule has 1 aromatic carbocycles. The fourth-order valence-electron chi connectivity index (χ4n) is 2.16. The Morgan fingerprint density at radius 1 is 1.42 bits per heavy atom. The Balaban J connectivity index is 2.13. The number of carbonyl (C=O) groups excluding carboxylic acids is 1. The van der Waals surface area contributed by atoms with E-state index in [1.165, 1.54) is 0 Å². The number of hydrogen-bond acceptors (Lipinski definition) is 4. The van der Waals surface area contributed by atoms with Crippen molar-refractivity contribution in [1.82, 2.24) is 5.32 Å². The average molecular weight is 281 g/mol. The molecule has 5 nitrogen and oxygen atoms in total. The Kier molecular flexibility index (Phi) is 4.42. The van der Waals surface area contributed by atoms with Crippen LogP contribution in [0.25, 0.3) is 0 Å². The van der Waals surface area contributed by atoms with Gasteiger partial charge in [0.2, 0.25) is 0 Å². The third-order valence-corrected chi connectivity index (χ3v) is 3.88. The highest BCUT2D eigenvalue weighted by atomic mass is 32.2. The molecule has 3 N–H and O–H groups in total. The van der Waals surface area contributed by atoms with E-state index in [-0.39, 0.29) is 11.9 Å². The molecule has 0 aromatic heterocycles. The molecular formula is C13H19N3O2S. The lowest BCUT2D eigenvalue weighted by atomic mass is 10.1. The molecule has 0 fully saturated rings. The predicted molar refractivity (Wildman–Crippen MR) is 79.3 cm³/mol. The van der Waals surface area contributed by atoms with Gasteiger partial charge in [0.15, 0.2) is 0 Å². The molecule has 2 atom stereocenters. The van der Waals surface area contributed by atoms with Crippen molar-refractivity contribution in [2.24, 2.45) is 0 Å². The fraction of sp³-hybridized carbons (Fsp3) is 0.462. The van der Waals surface area contributed by atoms with E-state index in [0.29, 0.717) is 11.3 Å². The summed E-state index contributed by atoms with van der Waals surface area (Å²) in [5.41, 5.74) is 2.42. The minimum absolute atomic E-state index is 0.106. The van der Waals surface area contributed by atoms with Gasteiger partial charge in [-0.2, -0.15) is 0 Å². The van der Waals surface area contributed by atoms with Gasteiger partial charge in [0.05, 0.1) is 16.9 Å². The van der Waals surface area contributed by atoms with E-state index in [4.69, 9.17) is 0 Å². The first kappa shape index (κ1) is 13.9. The lowest BCUT2D eigenvalue weighted by molar-refractivity contribution is 0.0944. The van der Waals surface area contributed by atoms with Crippen LogP contribution in [-0.2, 0) is 10.8 Å². The first-order chi connectivity index (χ1) is 9.08. The first-order valence-electron chi connectivity index (χ1n) is 6.29. The molecule has 0 saturated carbocycles. The highest BCUT2D eigenvalue weighted by Gasteiger charge is 2.18. The Labute approximate surface area is 115 Å². The Morgan fingerprint density at radius 2 is 2.16 bits per heavy atom. The van der Waals surface area contributed by atoms with Crippen molar-refractivity contribution >= 4 is 28.1 Å². The maximum atomic E-state index is 12.2. The maximum absolute atomic E-state index is 12.2. The number of anilines is 2.